The minimum absolute atomic E-state index is 0.0768. The zero-order valence-electron chi connectivity index (χ0n) is 7.77. The van der Waals surface area contributed by atoms with Crippen LogP contribution in [0.3, 0.4) is 0 Å². The number of amides is 1. The highest BCUT2D eigenvalue weighted by Crippen LogP contribution is 2.25. The maximum atomic E-state index is 10.8. The van der Waals surface area contributed by atoms with Gasteiger partial charge in [-0.2, -0.15) is 0 Å². The molecule has 0 aliphatic carbocycles. The van der Waals surface area contributed by atoms with E-state index in [2.05, 4.69) is 15.0 Å². The fraction of sp³-hybridized carbons (Fsp3) is 0.375. The van der Waals surface area contributed by atoms with Gasteiger partial charge in [-0.25, -0.2) is 4.79 Å². The maximum absolute atomic E-state index is 10.8. The first-order chi connectivity index (χ1) is 6.57. The molecule has 0 saturated carbocycles. The molecule has 2 N–H and O–H groups in total. The summed E-state index contributed by atoms with van der Waals surface area (Å²) in [6, 6.07) is 0. The predicted octanol–water partition coefficient (Wildman–Crippen LogP) is 1.06. The Morgan fingerprint density at radius 2 is 2.29 bits per heavy atom. The molecule has 0 fully saturated rings. The Bertz CT molecular complexity index is 356. The maximum Gasteiger partial charge on any atom is 0.343 e. The highest BCUT2D eigenvalue weighted by atomic mass is 16.5. The highest BCUT2D eigenvalue weighted by molar-refractivity contribution is 5.96. The number of rotatable bonds is 4. The van der Waals surface area contributed by atoms with E-state index in [1.807, 2.05) is 0 Å². The van der Waals surface area contributed by atoms with Crippen LogP contribution in [0.5, 0.6) is 0 Å². The number of hydrogen-bond donors (Lipinski definition) is 2. The van der Waals surface area contributed by atoms with Gasteiger partial charge in [0.2, 0.25) is 12.3 Å². The van der Waals surface area contributed by atoms with Crippen LogP contribution in [0, 0.1) is 0 Å². The van der Waals surface area contributed by atoms with Crippen LogP contribution in [-0.2, 0) is 4.79 Å². The van der Waals surface area contributed by atoms with E-state index in [0.717, 1.165) is 0 Å². The molecular formula is C8H10N2O4. The molecule has 0 radical (unpaired) electrons. The smallest absolute Gasteiger partial charge is 0.343 e. The molecule has 0 bridgehead atoms. The molecule has 0 aromatic carbocycles. The minimum Gasteiger partial charge on any atom is -0.477 e. The summed E-state index contributed by atoms with van der Waals surface area (Å²) < 4.78 is 4.69. The molecule has 76 valence electrons. The quantitative estimate of drug-likeness (QED) is 0.706. The Morgan fingerprint density at radius 1 is 1.64 bits per heavy atom. The van der Waals surface area contributed by atoms with Gasteiger partial charge in [-0.15, -0.1) is 0 Å². The zero-order valence-corrected chi connectivity index (χ0v) is 7.77. The third kappa shape index (κ3) is 1.73. The lowest BCUT2D eigenvalue weighted by Gasteiger charge is -1.99. The second-order valence-electron chi connectivity index (χ2n) is 2.99. The Morgan fingerprint density at radius 3 is 2.71 bits per heavy atom. The van der Waals surface area contributed by atoms with E-state index in [0.29, 0.717) is 12.1 Å². The fourth-order valence-corrected chi connectivity index (χ4v) is 1.06. The highest BCUT2D eigenvalue weighted by Gasteiger charge is 2.23. The number of carboxylic acids is 1. The van der Waals surface area contributed by atoms with Crippen LogP contribution in [-0.4, -0.2) is 22.6 Å². The van der Waals surface area contributed by atoms with Gasteiger partial charge in [-0.1, -0.05) is 19.0 Å². The van der Waals surface area contributed by atoms with E-state index in [4.69, 9.17) is 5.11 Å². The average molecular weight is 198 g/mol. The standard InChI is InChI=1S/C8H10N2O4/c1-4(2)6-5(8(12)13)7(9-3-11)14-10-6/h3-4H,1-2H3,(H,9,11)(H,12,13). The van der Waals surface area contributed by atoms with Crippen LogP contribution in [0.1, 0.15) is 35.8 Å². The second kappa shape index (κ2) is 3.91. The van der Waals surface area contributed by atoms with Gasteiger partial charge >= 0.3 is 5.97 Å². The van der Waals surface area contributed by atoms with Crippen LogP contribution < -0.4 is 5.32 Å². The van der Waals surface area contributed by atoms with E-state index < -0.39 is 5.97 Å². The van der Waals surface area contributed by atoms with Crippen molar-refractivity contribution in [1.82, 2.24) is 5.16 Å². The number of hydrogen-bond acceptors (Lipinski definition) is 4. The molecule has 0 atom stereocenters. The molecule has 0 spiro atoms. The van der Waals surface area contributed by atoms with Crippen LogP contribution in [0.2, 0.25) is 0 Å². The summed E-state index contributed by atoms with van der Waals surface area (Å²) in [4.78, 5) is 21.0. The lowest BCUT2D eigenvalue weighted by Crippen LogP contribution is -2.05. The number of carbonyl (C=O) groups excluding carboxylic acids is 1. The topological polar surface area (TPSA) is 92.4 Å². The Hall–Kier alpha value is -1.85. The van der Waals surface area contributed by atoms with Gasteiger partial charge in [0.05, 0.1) is 0 Å². The number of anilines is 1. The molecule has 0 unspecified atom stereocenters. The van der Waals surface area contributed by atoms with E-state index >= 15 is 0 Å². The first kappa shape index (κ1) is 10.2. The number of aromatic nitrogens is 1. The first-order valence-electron chi connectivity index (χ1n) is 4.01. The van der Waals surface area contributed by atoms with Crippen molar-refractivity contribution in [1.29, 1.82) is 0 Å². The van der Waals surface area contributed by atoms with Gasteiger partial charge < -0.3 is 9.63 Å². The summed E-state index contributed by atoms with van der Waals surface area (Å²) in [5.41, 5.74) is 0.231. The molecule has 1 amide bonds. The van der Waals surface area contributed by atoms with Crippen LogP contribution in [0.25, 0.3) is 0 Å². The predicted molar refractivity (Wildman–Crippen MR) is 47.2 cm³/mol. The molecular weight excluding hydrogens is 188 g/mol. The van der Waals surface area contributed by atoms with E-state index in [1.54, 1.807) is 13.8 Å². The van der Waals surface area contributed by atoms with Gasteiger partial charge in [-0.05, 0) is 0 Å². The molecule has 1 rings (SSSR count). The Kier molecular flexibility index (Phi) is 2.85. The van der Waals surface area contributed by atoms with Crippen molar-refractivity contribution in [3.8, 4) is 0 Å². The number of carboxylic acid groups (broad SMARTS) is 1. The van der Waals surface area contributed by atoms with E-state index in [9.17, 15) is 9.59 Å². The van der Waals surface area contributed by atoms with Gasteiger partial charge in [0, 0.05) is 5.92 Å². The lowest BCUT2D eigenvalue weighted by atomic mass is 10.1. The summed E-state index contributed by atoms with van der Waals surface area (Å²) in [7, 11) is 0. The van der Waals surface area contributed by atoms with E-state index in [1.165, 1.54) is 0 Å². The lowest BCUT2D eigenvalue weighted by molar-refractivity contribution is -0.105. The van der Waals surface area contributed by atoms with Crippen LogP contribution >= 0.6 is 0 Å². The van der Waals surface area contributed by atoms with Gasteiger partial charge in [0.1, 0.15) is 11.3 Å². The second-order valence-corrected chi connectivity index (χ2v) is 2.99. The summed E-state index contributed by atoms with van der Waals surface area (Å²) in [5, 5.41) is 14.6. The van der Waals surface area contributed by atoms with Gasteiger partial charge in [0.25, 0.3) is 0 Å². The average Bonchev–Trinajstić information content (AvgIpc) is 2.48. The fourth-order valence-electron chi connectivity index (χ4n) is 1.06. The van der Waals surface area contributed by atoms with Crippen molar-refractivity contribution < 1.29 is 19.2 Å². The first-order valence-corrected chi connectivity index (χ1v) is 4.01. The zero-order chi connectivity index (χ0) is 10.7. The van der Waals surface area contributed by atoms with E-state index in [-0.39, 0.29) is 17.4 Å². The van der Waals surface area contributed by atoms with Crippen molar-refractivity contribution in [2.45, 2.75) is 19.8 Å². The number of nitrogens with one attached hydrogen (secondary N) is 1. The third-order valence-electron chi connectivity index (χ3n) is 1.67. The van der Waals surface area contributed by atoms with Crippen molar-refractivity contribution >= 4 is 18.3 Å². The summed E-state index contributed by atoms with van der Waals surface area (Å²) >= 11 is 0. The normalized spacial score (nSPS) is 10.2. The molecule has 0 aliphatic rings. The minimum atomic E-state index is -1.17. The number of aromatic carboxylic acids is 1. The summed E-state index contributed by atoms with van der Waals surface area (Å²) in [5.74, 6) is -1.37. The molecule has 1 heterocycles. The molecule has 6 nitrogen and oxygen atoms in total. The van der Waals surface area contributed by atoms with Crippen LogP contribution in [0.4, 0.5) is 5.88 Å². The molecule has 0 aliphatic heterocycles. The van der Waals surface area contributed by atoms with Crippen LogP contribution in [0.15, 0.2) is 4.52 Å². The third-order valence-corrected chi connectivity index (χ3v) is 1.67. The number of nitrogens with zero attached hydrogens (tertiary/aromatic N) is 1. The van der Waals surface area contributed by atoms with Crippen molar-refractivity contribution in [3.63, 3.8) is 0 Å². The molecule has 1 aromatic heterocycles. The van der Waals surface area contributed by atoms with Crippen molar-refractivity contribution in [2.75, 3.05) is 5.32 Å². The monoisotopic (exact) mass is 198 g/mol. The van der Waals surface area contributed by atoms with Gasteiger partial charge in [0.15, 0.2) is 0 Å². The molecule has 6 heteroatoms. The summed E-state index contributed by atoms with van der Waals surface area (Å²) in [6.07, 6.45) is 0.344. The molecule has 14 heavy (non-hydrogen) atoms. The number of carbonyl (C=O) groups is 2. The SMILES string of the molecule is CC(C)c1noc(NC=O)c1C(=O)O. The largest absolute Gasteiger partial charge is 0.477 e. The Balaban J connectivity index is 3.19. The molecule has 1 aromatic rings. The van der Waals surface area contributed by atoms with Crippen molar-refractivity contribution in [2.24, 2.45) is 0 Å². The molecule has 0 saturated heterocycles. The van der Waals surface area contributed by atoms with Crippen molar-refractivity contribution in [3.05, 3.63) is 11.3 Å². The Labute approximate surface area is 79.9 Å². The van der Waals surface area contributed by atoms with Gasteiger partial charge in [-0.3, -0.25) is 10.1 Å². The summed E-state index contributed by atoms with van der Waals surface area (Å²) in [6.45, 7) is 3.57.